The van der Waals surface area contributed by atoms with Gasteiger partial charge >= 0.3 is 11.7 Å². The first-order chi connectivity index (χ1) is 7.54. The Labute approximate surface area is 90.1 Å². The highest BCUT2D eigenvalue weighted by Crippen LogP contribution is 1.82. The number of rotatable bonds is 4. The van der Waals surface area contributed by atoms with Crippen LogP contribution in [0.4, 0.5) is 0 Å². The largest absolute Gasteiger partial charge is 0.466 e. The fraction of sp³-hybridized carbons (Fsp3) is 0.375. The molecule has 0 bridgehead atoms. The summed E-state index contributed by atoms with van der Waals surface area (Å²) in [5.41, 5.74) is -0.602. The van der Waals surface area contributed by atoms with E-state index in [1.807, 2.05) is 0 Å². The minimum atomic E-state index is -0.618. The Morgan fingerprint density at radius 3 is 2.69 bits per heavy atom. The van der Waals surface area contributed by atoms with E-state index >= 15 is 0 Å². The van der Waals surface area contributed by atoms with E-state index in [1.165, 1.54) is 14.0 Å². The SMILES string of the molecule is COC(=O)/C=C/n1nnn(CC(C)=O)c1=O. The van der Waals surface area contributed by atoms with Crippen LogP contribution in [0.3, 0.4) is 0 Å². The van der Waals surface area contributed by atoms with E-state index in [9.17, 15) is 14.4 Å². The van der Waals surface area contributed by atoms with Gasteiger partial charge in [0.25, 0.3) is 0 Å². The molecule has 0 aliphatic carbocycles. The molecular weight excluding hydrogens is 216 g/mol. The predicted octanol–water partition coefficient (Wildman–Crippen LogP) is -1.33. The summed E-state index contributed by atoms with van der Waals surface area (Å²) < 4.78 is 6.06. The lowest BCUT2D eigenvalue weighted by Gasteiger charge is -1.91. The summed E-state index contributed by atoms with van der Waals surface area (Å²) >= 11 is 0. The van der Waals surface area contributed by atoms with Gasteiger partial charge in [0.15, 0.2) is 5.78 Å². The van der Waals surface area contributed by atoms with Crippen LogP contribution in [0.25, 0.3) is 6.20 Å². The van der Waals surface area contributed by atoms with E-state index in [-0.39, 0.29) is 12.3 Å². The number of hydrogen-bond acceptors (Lipinski definition) is 6. The van der Waals surface area contributed by atoms with E-state index < -0.39 is 11.7 Å². The molecule has 1 heterocycles. The molecule has 16 heavy (non-hydrogen) atoms. The highest BCUT2D eigenvalue weighted by atomic mass is 16.5. The molecule has 0 aromatic carbocycles. The number of methoxy groups -OCH3 is 1. The molecule has 1 aromatic rings. The Morgan fingerprint density at radius 2 is 2.12 bits per heavy atom. The summed E-state index contributed by atoms with van der Waals surface area (Å²) in [5.74, 6) is -0.834. The third kappa shape index (κ3) is 2.87. The van der Waals surface area contributed by atoms with Crippen molar-refractivity contribution in [1.82, 2.24) is 19.8 Å². The zero-order valence-corrected chi connectivity index (χ0v) is 8.78. The van der Waals surface area contributed by atoms with Crippen molar-refractivity contribution in [2.45, 2.75) is 13.5 Å². The smallest absolute Gasteiger partial charge is 0.368 e. The van der Waals surface area contributed by atoms with Gasteiger partial charge in [0.05, 0.1) is 7.11 Å². The molecule has 0 radical (unpaired) electrons. The van der Waals surface area contributed by atoms with Gasteiger partial charge in [-0.15, -0.1) is 0 Å². The van der Waals surface area contributed by atoms with Crippen LogP contribution in [-0.2, 0) is 20.9 Å². The average molecular weight is 226 g/mol. The first-order valence-electron chi connectivity index (χ1n) is 4.32. The summed E-state index contributed by atoms with van der Waals surface area (Å²) in [6, 6.07) is 0. The van der Waals surface area contributed by atoms with Gasteiger partial charge in [-0.3, -0.25) is 4.79 Å². The number of carbonyl (C=O) groups is 2. The van der Waals surface area contributed by atoms with E-state index in [4.69, 9.17) is 0 Å². The van der Waals surface area contributed by atoms with Crippen LogP contribution in [-0.4, -0.2) is 38.7 Å². The van der Waals surface area contributed by atoms with E-state index in [1.54, 1.807) is 0 Å². The normalized spacial score (nSPS) is 10.6. The second-order valence-electron chi connectivity index (χ2n) is 2.90. The van der Waals surface area contributed by atoms with Crippen molar-refractivity contribution in [3.8, 4) is 0 Å². The van der Waals surface area contributed by atoms with Crippen LogP contribution < -0.4 is 5.69 Å². The van der Waals surface area contributed by atoms with Crippen molar-refractivity contribution in [3.63, 3.8) is 0 Å². The number of tetrazole rings is 1. The van der Waals surface area contributed by atoms with Gasteiger partial charge < -0.3 is 4.74 Å². The molecule has 0 fully saturated rings. The van der Waals surface area contributed by atoms with Crippen LogP contribution in [0.15, 0.2) is 10.9 Å². The molecule has 1 rings (SSSR count). The number of ketones is 1. The molecule has 0 aliphatic heterocycles. The van der Waals surface area contributed by atoms with Crippen molar-refractivity contribution in [2.24, 2.45) is 0 Å². The van der Waals surface area contributed by atoms with Crippen LogP contribution in [0.5, 0.6) is 0 Å². The van der Waals surface area contributed by atoms with Crippen LogP contribution in [0.2, 0.25) is 0 Å². The fourth-order valence-electron chi connectivity index (χ4n) is 0.889. The molecule has 0 unspecified atom stereocenters. The van der Waals surface area contributed by atoms with Crippen LogP contribution in [0.1, 0.15) is 6.92 Å². The molecule has 1 aromatic heterocycles. The van der Waals surface area contributed by atoms with Gasteiger partial charge in [-0.1, -0.05) is 0 Å². The third-order valence-electron chi connectivity index (χ3n) is 1.59. The van der Waals surface area contributed by atoms with Gasteiger partial charge in [-0.2, -0.15) is 9.36 Å². The topological polar surface area (TPSA) is 96.1 Å². The average Bonchev–Trinajstić information content (AvgIpc) is 2.56. The third-order valence-corrected chi connectivity index (χ3v) is 1.59. The monoisotopic (exact) mass is 226 g/mol. The molecule has 0 amide bonds. The summed E-state index contributed by atoms with van der Waals surface area (Å²) in [4.78, 5) is 33.0. The van der Waals surface area contributed by atoms with Gasteiger partial charge in [0, 0.05) is 12.3 Å². The van der Waals surface area contributed by atoms with Crippen molar-refractivity contribution in [3.05, 3.63) is 16.6 Å². The van der Waals surface area contributed by atoms with E-state index in [0.29, 0.717) is 0 Å². The molecule has 0 saturated heterocycles. The lowest BCUT2D eigenvalue weighted by molar-refractivity contribution is -0.134. The quantitative estimate of drug-likeness (QED) is 0.466. The number of ether oxygens (including phenoxy) is 1. The maximum Gasteiger partial charge on any atom is 0.368 e. The minimum Gasteiger partial charge on any atom is -0.466 e. The Kier molecular flexibility index (Phi) is 3.70. The molecule has 0 spiro atoms. The van der Waals surface area contributed by atoms with Crippen molar-refractivity contribution in [2.75, 3.05) is 7.11 Å². The number of carbonyl (C=O) groups excluding carboxylic acids is 2. The lowest BCUT2D eigenvalue weighted by atomic mass is 10.5. The molecule has 8 heteroatoms. The Morgan fingerprint density at radius 1 is 1.44 bits per heavy atom. The molecular formula is C8H10N4O4. The number of aromatic nitrogens is 4. The minimum absolute atomic E-state index is 0.148. The molecule has 0 N–H and O–H groups in total. The second-order valence-corrected chi connectivity index (χ2v) is 2.90. The summed E-state index contributed by atoms with van der Waals surface area (Å²) in [5, 5.41) is 6.90. The predicted molar refractivity (Wildman–Crippen MR) is 52.3 cm³/mol. The van der Waals surface area contributed by atoms with E-state index in [0.717, 1.165) is 21.6 Å². The summed E-state index contributed by atoms with van der Waals surface area (Å²) in [6.45, 7) is 1.18. The highest BCUT2D eigenvalue weighted by molar-refractivity contribution is 5.84. The van der Waals surface area contributed by atoms with Gasteiger partial charge in [-0.05, 0) is 17.4 Å². The highest BCUT2D eigenvalue weighted by Gasteiger charge is 2.06. The van der Waals surface area contributed by atoms with Crippen LogP contribution in [0, 0.1) is 0 Å². The Bertz CT molecular complexity index is 484. The van der Waals surface area contributed by atoms with Gasteiger partial charge in [0.1, 0.15) is 6.54 Å². The maximum absolute atomic E-state index is 11.5. The van der Waals surface area contributed by atoms with Crippen molar-refractivity contribution in [1.29, 1.82) is 0 Å². The summed E-state index contributed by atoms with van der Waals surface area (Å²) in [6.07, 6.45) is 2.13. The lowest BCUT2D eigenvalue weighted by Crippen LogP contribution is -2.25. The van der Waals surface area contributed by atoms with E-state index in [2.05, 4.69) is 15.2 Å². The van der Waals surface area contributed by atoms with Crippen molar-refractivity contribution >= 4 is 18.0 Å². The van der Waals surface area contributed by atoms with Crippen LogP contribution >= 0.6 is 0 Å². The number of esters is 1. The molecule has 86 valence electrons. The Balaban J connectivity index is 2.88. The first-order valence-corrected chi connectivity index (χ1v) is 4.32. The summed E-state index contributed by atoms with van der Waals surface area (Å²) in [7, 11) is 1.21. The number of Topliss-reactive ketones (excluding diaryl/α,β-unsaturated/α-hetero) is 1. The molecule has 8 nitrogen and oxygen atoms in total. The first kappa shape index (κ1) is 11.8. The number of hydrogen-bond donors (Lipinski definition) is 0. The molecule has 0 atom stereocenters. The maximum atomic E-state index is 11.5. The molecule has 0 aliphatic rings. The molecule has 0 saturated carbocycles. The number of nitrogens with zero attached hydrogens (tertiary/aromatic N) is 4. The van der Waals surface area contributed by atoms with Crippen molar-refractivity contribution < 1.29 is 14.3 Å². The Hall–Kier alpha value is -2.25. The van der Waals surface area contributed by atoms with Gasteiger partial charge in [0.2, 0.25) is 0 Å². The zero-order chi connectivity index (χ0) is 12.1. The second kappa shape index (κ2) is 5.01. The zero-order valence-electron chi connectivity index (χ0n) is 8.78. The van der Waals surface area contributed by atoms with Gasteiger partial charge in [-0.25, -0.2) is 9.59 Å². The standard InChI is InChI=1S/C8H10N4O4/c1-6(13)5-12-8(15)11(9-10-12)4-3-7(14)16-2/h3-4H,5H2,1-2H3/b4-3+. The fourth-order valence-corrected chi connectivity index (χ4v) is 0.889.